The Bertz CT molecular complexity index is 674. The summed E-state index contributed by atoms with van der Waals surface area (Å²) in [5.41, 5.74) is 0.976. The number of hydrogen-bond acceptors (Lipinski definition) is 5. The van der Waals surface area contributed by atoms with Crippen LogP contribution in [-0.4, -0.2) is 47.9 Å². The van der Waals surface area contributed by atoms with E-state index in [9.17, 15) is 9.59 Å². The van der Waals surface area contributed by atoms with Crippen LogP contribution in [0, 0.1) is 0 Å². The van der Waals surface area contributed by atoms with Gasteiger partial charge >= 0.3 is 0 Å². The lowest BCUT2D eigenvalue weighted by molar-refractivity contribution is -0.129. The van der Waals surface area contributed by atoms with Crippen LogP contribution >= 0.6 is 0 Å². The van der Waals surface area contributed by atoms with Gasteiger partial charge in [0.2, 0.25) is 5.91 Å². The van der Waals surface area contributed by atoms with Gasteiger partial charge in [-0.05, 0) is 24.3 Å². The highest BCUT2D eigenvalue weighted by Gasteiger charge is 2.19. The minimum atomic E-state index is -0.328. The molecular weight excluding hydrogens is 296 g/mol. The quantitative estimate of drug-likeness (QED) is 0.931. The number of nitrogens with zero attached hydrogens (tertiary/aromatic N) is 3. The van der Waals surface area contributed by atoms with Crippen LogP contribution in [0.1, 0.15) is 17.5 Å². The van der Waals surface area contributed by atoms with Crippen LogP contribution in [0.15, 0.2) is 41.1 Å². The number of furan rings is 1. The van der Waals surface area contributed by atoms with Crippen molar-refractivity contribution in [3.63, 3.8) is 0 Å². The molecule has 0 aromatic carbocycles. The highest BCUT2D eigenvalue weighted by atomic mass is 16.3. The van der Waals surface area contributed by atoms with Crippen LogP contribution in [-0.2, 0) is 4.79 Å². The lowest BCUT2D eigenvalue weighted by Gasteiger charge is -2.35. The Hall–Kier alpha value is -2.83. The zero-order valence-electron chi connectivity index (χ0n) is 12.9. The van der Waals surface area contributed by atoms with E-state index in [0.717, 1.165) is 18.8 Å². The summed E-state index contributed by atoms with van der Waals surface area (Å²) >= 11 is 0. The molecule has 0 saturated carbocycles. The monoisotopic (exact) mass is 314 g/mol. The molecule has 2 aromatic heterocycles. The van der Waals surface area contributed by atoms with Crippen molar-refractivity contribution in [1.29, 1.82) is 0 Å². The standard InChI is InChI=1S/C16H18N4O3/c1-12(21)19-6-8-20(9-7-19)13-4-5-15(17-11-13)18-16(22)14-3-2-10-23-14/h2-5,10-11H,6-9H2,1H3,(H,17,18,22). The van der Waals surface area contributed by atoms with Crippen molar-refractivity contribution >= 4 is 23.3 Å². The van der Waals surface area contributed by atoms with Gasteiger partial charge in [-0.2, -0.15) is 0 Å². The maximum atomic E-state index is 11.9. The van der Waals surface area contributed by atoms with Crippen molar-refractivity contribution in [1.82, 2.24) is 9.88 Å². The first kappa shape index (κ1) is 15.1. The molecule has 0 radical (unpaired) electrons. The fraction of sp³-hybridized carbons (Fsp3) is 0.312. The predicted molar refractivity (Wildman–Crippen MR) is 85.4 cm³/mol. The molecule has 2 amide bonds. The molecule has 0 aliphatic carbocycles. The number of carbonyl (C=O) groups is 2. The summed E-state index contributed by atoms with van der Waals surface area (Å²) in [5, 5.41) is 2.68. The third kappa shape index (κ3) is 3.50. The van der Waals surface area contributed by atoms with E-state index < -0.39 is 0 Å². The molecule has 1 fully saturated rings. The number of amides is 2. The van der Waals surface area contributed by atoms with Crippen LogP contribution in [0.4, 0.5) is 11.5 Å². The van der Waals surface area contributed by atoms with Crippen molar-refractivity contribution in [2.75, 3.05) is 36.4 Å². The van der Waals surface area contributed by atoms with E-state index in [1.165, 1.54) is 6.26 Å². The number of rotatable bonds is 3. The first-order chi connectivity index (χ1) is 11.1. The van der Waals surface area contributed by atoms with E-state index in [0.29, 0.717) is 18.9 Å². The van der Waals surface area contributed by atoms with Gasteiger partial charge in [-0.15, -0.1) is 0 Å². The minimum Gasteiger partial charge on any atom is -0.459 e. The van der Waals surface area contributed by atoms with Crippen LogP contribution in [0.2, 0.25) is 0 Å². The fourth-order valence-corrected chi connectivity index (χ4v) is 2.51. The average molecular weight is 314 g/mol. The SMILES string of the molecule is CC(=O)N1CCN(c2ccc(NC(=O)c3ccco3)nc2)CC1. The van der Waals surface area contributed by atoms with Gasteiger partial charge in [0.25, 0.3) is 5.91 Å². The van der Waals surface area contributed by atoms with Gasteiger partial charge in [0.1, 0.15) is 5.82 Å². The molecule has 0 spiro atoms. The summed E-state index contributed by atoms with van der Waals surface area (Å²) in [4.78, 5) is 31.5. The van der Waals surface area contributed by atoms with Crippen LogP contribution in [0.25, 0.3) is 0 Å². The normalized spacial score (nSPS) is 14.7. The molecule has 7 heteroatoms. The first-order valence-electron chi connectivity index (χ1n) is 7.45. The Labute approximate surface area is 133 Å². The second kappa shape index (κ2) is 6.51. The van der Waals surface area contributed by atoms with Gasteiger partial charge in [-0.25, -0.2) is 4.98 Å². The fourth-order valence-electron chi connectivity index (χ4n) is 2.51. The molecule has 0 bridgehead atoms. The summed E-state index contributed by atoms with van der Waals surface area (Å²) in [6.07, 6.45) is 3.17. The maximum absolute atomic E-state index is 11.9. The molecule has 2 aromatic rings. The Balaban J connectivity index is 1.59. The van der Waals surface area contributed by atoms with E-state index in [1.54, 1.807) is 31.3 Å². The smallest absolute Gasteiger partial charge is 0.292 e. The first-order valence-corrected chi connectivity index (χ1v) is 7.45. The summed E-state index contributed by atoms with van der Waals surface area (Å²) in [5.74, 6) is 0.498. The molecule has 1 saturated heterocycles. The average Bonchev–Trinajstić information content (AvgIpc) is 3.10. The van der Waals surface area contributed by atoms with Crippen molar-refractivity contribution in [3.05, 3.63) is 42.5 Å². The Morgan fingerprint density at radius 3 is 2.52 bits per heavy atom. The van der Waals surface area contributed by atoms with Crippen LogP contribution in [0.3, 0.4) is 0 Å². The molecule has 23 heavy (non-hydrogen) atoms. The van der Waals surface area contributed by atoms with E-state index in [1.807, 2.05) is 11.0 Å². The summed E-state index contributed by atoms with van der Waals surface area (Å²) < 4.78 is 5.04. The van der Waals surface area contributed by atoms with Crippen molar-refractivity contribution in [2.24, 2.45) is 0 Å². The second-order valence-corrected chi connectivity index (χ2v) is 5.33. The molecule has 7 nitrogen and oxygen atoms in total. The lowest BCUT2D eigenvalue weighted by Crippen LogP contribution is -2.48. The molecule has 3 rings (SSSR count). The molecule has 3 heterocycles. The Morgan fingerprint density at radius 2 is 1.96 bits per heavy atom. The van der Waals surface area contributed by atoms with Gasteiger partial charge in [0, 0.05) is 33.1 Å². The summed E-state index contributed by atoms with van der Waals surface area (Å²) in [6.45, 7) is 4.57. The topological polar surface area (TPSA) is 78.7 Å². The third-order valence-electron chi connectivity index (χ3n) is 3.82. The number of anilines is 2. The minimum absolute atomic E-state index is 0.110. The van der Waals surface area contributed by atoms with Crippen molar-refractivity contribution in [2.45, 2.75) is 6.92 Å². The second-order valence-electron chi connectivity index (χ2n) is 5.33. The number of nitrogens with one attached hydrogen (secondary N) is 1. The van der Waals surface area contributed by atoms with E-state index in [4.69, 9.17) is 4.42 Å². The van der Waals surface area contributed by atoms with Gasteiger partial charge in [-0.3, -0.25) is 9.59 Å². The molecule has 1 N–H and O–H groups in total. The summed E-state index contributed by atoms with van der Waals surface area (Å²) in [6, 6.07) is 6.92. The lowest BCUT2D eigenvalue weighted by atomic mass is 10.2. The van der Waals surface area contributed by atoms with Gasteiger partial charge in [-0.1, -0.05) is 0 Å². The molecule has 1 aliphatic rings. The molecule has 0 unspecified atom stereocenters. The highest BCUT2D eigenvalue weighted by molar-refractivity contribution is 6.01. The van der Waals surface area contributed by atoms with Crippen molar-refractivity contribution in [3.8, 4) is 0 Å². The number of pyridine rings is 1. The van der Waals surface area contributed by atoms with Gasteiger partial charge < -0.3 is 19.5 Å². The van der Waals surface area contributed by atoms with Crippen LogP contribution in [0.5, 0.6) is 0 Å². The van der Waals surface area contributed by atoms with E-state index in [-0.39, 0.29) is 17.6 Å². The van der Waals surface area contributed by atoms with Crippen LogP contribution < -0.4 is 10.2 Å². The molecular formula is C16H18N4O3. The highest BCUT2D eigenvalue weighted by Crippen LogP contribution is 2.17. The number of hydrogen-bond donors (Lipinski definition) is 1. The van der Waals surface area contributed by atoms with Gasteiger partial charge in [0.15, 0.2) is 5.76 Å². The largest absolute Gasteiger partial charge is 0.459 e. The number of carbonyl (C=O) groups excluding carboxylic acids is 2. The summed E-state index contributed by atoms with van der Waals surface area (Å²) in [7, 11) is 0. The maximum Gasteiger partial charge on any atom is 0.292 e. The van der Waals surface area contributed by atoms with Crippen molar-refractivity contribution < 1.29 is 14.0 Å². The van der Waals surface area contributed by atoms with E-state index >= 15 is 0 Å². The molecule has 120 valence electrons. The Morgan fingerprint density at radius 1 is 1.17 bits per heavy atom. The molecule has 1 aliphatic heterocycles. The van der Waals surface area contributed by atoms with E-state index in [2.05, 4.69) is 15.2 Å². The number of piperazine rings is 1. The zero-order chi connectivity index (χ0) is 16.2. The van der Waals surface area contributed by atoms with Gasteiger partial charge in [0.05, 0.1) is 18.1 Å². The Kier molecular flexibility index (Phi) is 4.27. The predicted octanol–water partition coefficient (Wildman–Crippen LogP) is 1.60. The number of aromatic nitrogens is 1. The third-order valence-corrected chi connectivity index (χ3v) is 3.82. The molecule has 0 atom stereocenters. The zero-order valence-corrected chi connectivity index (χ0v) is 12.9.